The topological polar surface area (TPSA) is 84.8 Å². The van der Waals surface area contributed by atoms with Gasteiger partial charge in [-0.15, -0.1) is 0 Å². The van der Waals surface area contributed by atoms with Gasteiger partial charge in [0, 0.05) is 43.9 Å². The molecule has 1 aromatic heterocycles. The van der Waals surface area contributed by atoms with E-state index in [0.29, 0.717) is 10.9 Å². The van der Waals surface area contributed by atoms with Crippen LogP contribution in [-0.2, 0) is 9.53 Å². The second-order valence-electron chi connectivity index (χ2n) is 10.4. The number of fused-ring (bicyclic) bond motifs is 1. The van der Waals surface area contributed by atoms with Crippen LogP contribution in [-0.4, -0.2) is 61.4 Å². The Labute approximate surface area is 206 Å². The number of anilines is 1. The maximum absolute atomic E-state index is 12.2. The van der Waals surface area contributed by atoms with E-state index >= 15 is 0 Å². The smallest absolute Gasteiger partial charge is 0.223 e. The van der Waals surface area contributed by atoms with Crippen LogP contribution in [0.15, 0.2) is 22.7 Å². The van der Waals surface area contributed by atoms with E-state index < -0.39 is 0 Å². The van der Waals surface area contributed by atoms with Crippen LogP contribution in [0.2, 0.25) is 5.02 Å². The molecule has 3 fully saturated rings. The van der Waals surface area contributed by atoms with Crippen molar-refractivity contribution in [2.24, 2.45) is 23.5 Å². The van der Waals surface area contributed by atoms with Crippen molar-refractivity contribution in [3.8, 4) is 0 Å². The highest BCUT2D eigenvalue weighted by Gasteiger charge is 2.37. The summed E-state index contributed by atoms with van der Waals surface area (Å²) in [5.41, 5.74) is 6.57. The fourth-order valence-corrected chi connectivity index (χ4v) is 6.44. The third-order valence-corrected chi connectivity index (χ3v) is 8.52. The Hall–Kier alpha value is -1.83. The fraction of sp³-hybridized carbons (Fsp3) is 0.692. The van der Waals surface area contributed by atoms with Crippen LogP contribution in [0, 0.1) is 17.8 Å². The van der Waals surface area contributed by atoms with Crippen LogP contribution in [0.4, 0.5) is 5.82 Å². The van der Waals surface area contributed by atoms with Gasteiger partial charge >= 0.3 is 0 Å². The first-order valence-corrected chi connectivity index (χ1v) is 13.4. The Morgan fingerprint density at radius 2 is 1.91 bits per heavy atom. The average molecular weight is 489 g/mol. The molecule has 3 heterocycles. The summed E-state index contributed by atoms with van der Waals surface area (Å²) in [6, 6.07) is 5.71. The molecule has 0 radical (unpaired) electrons. The number of amides is 1. The van der Waals surface area contributed by atoms with E-state index in [9.17, 15) is 4.79 Å². The van der Waals surface area contributed by atoms with Crippen molar-refractivity contribution in [1.29, 1.82) is 0 Å². The summed E-state index contributed by atoms with van der Waals surface area (Å²) in [5.74, 6) is 1.82. The molecule has 1 saturated carbocycles. The third kappa shape index (κ3) is 5.37. The molecule has 1 aromatic carbocycles. The molecule has 0 bridgehead atoms. The lowest BCUT2D eigenvalue weighted by atomic mass is 9.72. The van der Waals surface area contributed by atoms with E-state index in [4.69, 9.17) is 26.6 Å². The summed E-state index contributed by atoms with van der Waals surface area (Å²) in [6.45, 7) is 5.92. The first kappa shape index (κ1) is 23.9. The number of carbonyl (C=O) groups is 1. The van der Waals surface area contributed by atoms with Crippen molar-refractivity contribution in [1.82, 2.24) is 10.1 Å². The van der Waals surface area contributed by atoms with Crippen LogP contribution in [0.1, 0.15) is 51.4 Å². The fourth-order valence-electron chi connectivity index (χ4n) is 6.28. The Balaban J connectivity index is 1.06. The SMILES string of the molecule is NC(=O)C(C1CCC(CCN2CCN(c3noc4cc(Cl)ccc34)CC2)CC1)C1CCCCO1. The predicted molar refractivity (Wildman–Crippen MR) is 134 cm³/mol. The third-order valence-electron chi connectivity index (χ3n) is 8.28. The number of piperazine rings is 1. The molecule has 2 atom stereocenters. The number of benzene rings is 1. The lowest BCUT2D eigenvalue weighted by molar-refractivity contribution is -0.133. The van der Waals surface area contributed by atoms with Gasteiger partial charge in [-0.3, -0.25) is 9.69 Å². The Morgan fingerprint density at radius 1 is 1.12 bits per heavy atom. The molecular formula is C26H37ClN4O3. The van der Waals surface area contributed by atoms with E-state index in [0.717, 1.165) is 94.1 Å². The highest BCUT2D eigenvalue weighted by molar-refractivity contribution is 6.31. The molecule has 2 N–H and O–H groups in total. The number of aromatic nitrogens is 1. The number of rotatable bonds is 7. The Morgan fingerprint density at radius 3 is 2.62 bits per heavy atom. The van der Waals surface area contributed by atoms with Crippen molar-refractivity contribution < 1.29 is 14.1 Å². The quantitative estimate of drug-likeness (QED) is 0.619. The van der Waals surface area contributed by atoms with Gasteiger partial charge < -0.3 is 19.9 Å². The second kappa shape index (κ2) is 10.8. The molecule has 2 unspecified atom stereocenters. The predicted octanol–water partition coefficient (Wildman–Crippen LogP) is 4.47. The molecule has 1 amide bonds. The van der Waals surface area contributed by atoms with Gasteiger partial charge in [0.2, 0.25) is 5.91 Å². The van der Waals surface area contributed by atoms with Crippen LogP contribution in [0.5, 0.6) is 0 Å². The van der Waals surface area contributed by atoms with E-state index in [1.54, 1.807) is 0 Å². The highest BCUT2D eigenvalue weighted by atomic mass is 35.5. The molecule has 2 aromatic rings. The van der Waals surface area contributed by atoms with E-state index in [1.807, 2.05) is 18.2 Å². The van der Waals surface area contributed by atoms with Crippen LogP contribution in [0.25, 0.3) is 11.0 Å². The van der Waals surface area contributed by atoms with Crippen LogP contribution >= 0.6 is 11.6 Å². The van der Waals surface area contributed by atoms with Gasteiger partial charge in [-0.05, 0) is 69.0 Å². The molecule has 34 heavy (non-hydrogen) atoms. The van der Waals surface area contributed by atoms with Crippen molar-refractivity contribution in [3.63, 3.8) is 0 Å². The van der Waals surface area contributed by atoms with E-state index in [1.165, 1.54) is 19.3 Å². The van der Waals surface area contributed by atoms with E-state index in [-0.39, 0.29) is 17.9 Å². The van der Waals surface area contributed by atoms with Gasteiger partial charge in [0.05, 0.1) is 17.4 Å². The van der Waals surface area contributed by atoms with Gasteiger partial charge in [0.15, 0.2) is 11.4 Å². The molecule has 2 aliphatic heterocycles. The molecule has 8 heteroatoms. The van der Waals surface area contributed by atoms with Gasteiger partial charge in [-0.2, -0.15) is 0 Å². The number of nitrogens with two attached hydrogens (primary N) is 1. The molecule has 3 aliphatic rings. The minimum atomic E-state index is -0.156. The lowest BCUT2D eigenvalue weighted by Crippen LogP contribution is -2.47. The van der Waals surface area contributed by atoms with Crippen LogP contribution in [0.3, 0.4) is 0 Å². The average Bonchev–Trinajstić information content (AvgIpc) is 3.27. The zero-order valence-electron chi connectivity index (χ0n) is 20.0. The van der Waals surface area contributed by atoms with Gasteiger partial charge in [0.25, 0.3) is 0 Å². The molecule has 2 saturated heterocycles. The normalized spacial score (nSPS) is 27.7. The van der Waals surface area contributed by atoms with Crippen molar-refractivity contribution >= 4 is 34.3 Å². The number of hydrogen-bond acceptors (Lipinski definition) is 6. The van der Waals surface area contributed by atoms with Gasteiger partial charge in [0.1, 0.15) is 0 Å². The molecule has 5 rings (SSSR count). The van der Waals surface area contributed by atoms with Gasteiger partial charge in [-0.25, -0.2) is 0 Å². The summed E-state index contributed by atoms with van der Waals surface area (Å²) in [4.78, 5) is 17.1. The van der Waals surface area contributed by atoms with Crippen LogP contribution < -0.4 is 10.6 Å². The summed E-state index contributed by atoms with van der Waals surface area (Å²) < 4.78 is 11.4. The van der Waals surface area contributed by atoms with Crippen molar-refractivity contribution in [2.75, 3.05) is 44.2 Å². The number of hydrogen-bond donors (Lipinski definition) is 1. The number of halogens is 1. The Bertz CT molecular complexity index is 960. The second-order valence-corrected chi connectivity index (χ2v) is 10.8. The monoisotopic (exact) mass is 488 g/mol. The molecule has 186 valence electrons. The van der Waals surface area contributed by atoms with Gasteiger partial charge in [-0.1, -0.05) is 29.6 Å². The number of ether oxygens (including phenoxy) is 1. The largest absolute Gasteiger partial charge is 0.377 e. The zero-order chi connectivity index (χ0) is 23.5. The first-order valence-electron chi connectivity index (χ1n) is 13.0. The maximum Gasteiger partial charge on any atom is 0.223 e. The minimum Gasteiger partial charge on any atom is -0.377 e. The lowest BCUT2D eigenvalue weighted by Gasteiger charge is -2.38. The summed E-state index contributed by atoms with van der Waals surface area (Å²) >= 11 is 6.07. The summed E-state index contributed by atoms with van der Waals surface area (Å²) in [7, 11) is 0. The summed E-state index contributed by atoms with van der Waals surface area (Å²) in [5, 5.41) is 6.00. The minimum absolute atomic E-state index is 0.0444. The standard InChI is InChI=1S/C26H37ClN4O3/c27-20-8-9-21-23(17-20)34-29-26(21)31-14-12-30(13-15-31)11-10-18-4-6-19(7-5-18)24(25(28)32)22-3-1-2-16-33-22/h8-9,17-19,22,24H,1-7,10-16H2,(H2,28,32). The Kier molecular flexibility index (Phi) is 7.61. The highest BCUT2D eigenvalue weighted by Crippen LogP contribution is 2.38. The number of carbonyl (C=O) groups excluding carboxylic acids is 1. The summed E-state index contributed by atoms with van der Waals surface area (Å²) in [6.07, 6.45) is 9.14. The number of nitrogens with zero attached hydrogens (tertiary/aromatic N) is 3. The zero-order valence-corrected chi connectivity index (χ0v) is 20.7. The van der Waals surface area contributed by atoms with Crippen molar-refractivity contribution in [3.05, 3.63) is 23.2 Å². The molecule has 7 nitrogen and oxygen atoms in total. The molecule has 0 spiro atoms. The van der Waals surface area contributed by atoms with E-state index in [2.05, 4.69) is 15.0 Å². The van der Waals surface area contributed by atoms with Crippen molar-refractivity contribution in [2.45, 2.75) is 57.5 Å². The number of primary amides is 1. The first-order chi connectivity index (χ1) is 16.6. The maximum atomic E-state index is 12.2. The molecule has 1 aliphatic carbocycles. The molecular weight excluding hydrogens is 452 g/mol.